The molecule has 7 heteroatoms. The molecule has 1 heterocycles. The van der Waals surface area contributed by atoms with E-state index in [9.17, 15) is 4.79 Å². The SMILES string of the molecule is Cc1cc(N(C(=O)CN2CCNCC2)C(C)C)c(C)cc1C#CCNc1ccc(C(=N)N)cc1. The summed E-state index contributed by atoms with van der Waals surface area (Å²) in [5.41, 5.74) is 11.1. The Bertz CT molecular complexity index is 1070. The average Bonchev–Trinajstić information content (AvgIpc) is 2.80. The highest BCUT2D eigenvalue weighted by Gasteiger charge is 2.24. The monoisotopic (exact) mass is 460 g/mol. The van der Waals surface area contributed by atoms with Gasteiger partial charge in [-0.2, -0.15) is 0 Å². The van der Waals surface area contributed by atoms with Crippen molar-refractivity contribution in [2.75, 3.05) is 49.5 Å². The van der Waals surface area contributed by atoms with Gasteiger partial charge in [-0.25, -0.2) is 0 Å². The van der Waals surface area contributed by atoms with Crippen LogP contribution in [0, 0.1) is 31.1 Å². The number of nitrogen functional groups attached to an aromatic ring is 1. The molecule has 34 heavy (non-hydrogen) atoms. The van der Waals surface area contributed by atoms with Gasteiger partial charge in [0.25, 0.3) is 0 Å². The summed E-state index contributed by atoms with van der Waals surface area (Å²) in [5.74, 6) is 6.64. The highest BCUT2D eigenvalue weighted by atomic mass is 16.2. The van der Waals surface area contributed by atoms with Crippen LogP contribution in [0.5, 0.6) is 0 Å². The smallest absolute Gasteiger partial charge is 0.241 e. The van der Waals surface area contributed by atoms with Crippen LogP contribution < -0.4 is 21.3 Å². The summed E-state index contributed by atoms with van der Waals surface area (Å²) in [7, 11) is 0. The molecule has 1 aliphatic rings. The Kier molecular flexibility index (Phi) is 8.69. The maximum absolute atomic E-state index is 13.2. The fourth-order valence-corrected chi connectivity index (χ4v) is 4.09. The normalized spacial score (nSPS) is 13.8. The van der Waals surface area contributed by atoms with Crippen molar-refractivity contribution in [3.63, 3.8) is 0 Å². The number of piperazine rings is 1. The van der Waals surface area contributed by atoms with E-state index in [1.807, 2.05) is 43.0 Å². The van der Waals surface area contributed by atoms with E-state index < -0.39 is 0 Å². The molecule has 0 unspecified atom stereocenters. The molecule has 0 aromatic heterocycles. The van der Waals surface area contributed by atoms with Gasteiger partial charge in [0.1, 0.15) is 5.84 Å². The van der Waals surface area contributed by atoms with Crippen LogP contribution >= 0.6 is 0 Å². The number of benzene rings is 2. The Balaban J connectivity index is 1.69. The van der Waals surface area contributed by atoms with Gasteiger partial charge < -0.3 is 21.3 Å². The van der Waals surface area contributed by atoms with E-state index in [1.54, 1.807) is 0 Å². The molecule has 2 aromatic carbocycles. The standard InChI is InChI=1S/C27H36N6O/c1-19(2)33(26(34)18-32-14-12-30-13-15-32)25-17-20(3)23(16-21(25)4)6-5-11-31-24-9-7-22(8-10-24)27(28)29/h7-10,16-17,19,30-31H,11-15,18H2,1-4H3,(H3,28,29). The number of nitrogens with one attached hydrogen (secondary N) is 3. The van der Waals surface area contributed by atoms with E-state index in [0.29, 0.717) is 18.7 Å². The Labute approximate surface area is 203 Å². The molecule has 0 radical (unpaired) electrons. The second-order valence-electron chi connectivity index (χ2n) is 8.98. The number of carbonyl (C=O) groups is 1. The average molecular weight is 461 g/mol. The number of amidine groups is 1. The van der Waals surface area contributed by atoms with Crippen molar-refractivity contribution >= 4 is 23.1 Å². The van der Waals surface area contributed by atoms with E-state index in [4.69, 9.17) is 11.1 Å². The first kappa shape index (κ1) is 25.3. The lowest BCUT2D eigenvalue weighted by atomic mass is 10.0. The lowest BCUT2D eigenvalue weighted by molar-refractivity contribution is -0.120. The van der Waals surface area contributed by atoms with Gasteiger partial charge >= 0.3 is 0 Å². The highest BCUT2D eigenvalue weighted by molar-refractivity contribution is 5.96. The molecule has 0 bridgehead atoms. The van der Waals surface area contributed by atoms with Crippen molar-refractivity contribution in [3.8, 4) is 11.8 Å². The van der Waals surface area contributed by atoms with E-state index in [0.717, 1.165) is 54.2 Å². The lowest BCUT2D eigenvalue weighted by Gasteiger charge is -2.33. The van der Waals surface area contributed by atoms with Gasteiger partial charge in [0.2, 0.25) is 5.91 Å². The minimum absolute atomic E-state index is 0.0576. The Morgan fingerprint density at radius 1 is 1.18 bits per heavy atom. The lowest BCUT2D eigenvalue weighted by Crippen LogP contribution is -2.50. The number of amides is 1. The fourth-order valence-electron chi connectivity index (χ4n) is 4.09. The van der Waals surface area contributed by atoms with Gasteiger partial charge in [0.05, 0.1) is 13.1 Å². The van der Waals surface area contributed by atoms with Crippen LogP contribution in [0.2, 0.25) is 0 Å². The molecule has 0 aliphatic carbocycles. The van der Waals surface area contributed by atoms with Crippen molar-refractivity contribution in [1.82, 2.24) is 10.2 Å². The summed E-state index contributed by atoms with van der Waals surface area (Å²) in [5, 5.41) is 14.1. The molecule has 3 rings (SSSR count). The number of carbonyl (C=O) groups excluding carboxylic acids is 1. The molecule has 0 saturated carbocycles. The highest BCUT2D eigenvalue weighted by Crippen LogP contribution is 2.26. The third-order valence-corrected chi connectivity index (χ3v) is 5.96. The van der Waals surface area contributed by atoms with Crippen molar-refractivity contribution in [2.24, 2.45) is 5.73 Å². The van der Waals surface area contributed by atoms with Gasteiger partial charge in [-0.05, 0) is 75.2 Å². The quantitative estimate of drug-likeness (QED) is 0.289. The molecule has 1 amide bonds. The maximum atomic E-state index is 13.2. The molecule has 1 aliphatic heterocycles. The van der Waals surface area contributed by atoms with E-state index >= 15 is 0 Å². The summed E-state index contributed by atoms with van der Waals surface area (Å²) in [6.45, 7) is 12.8. The number of hydrogen-bond donors (Lipinski definition) is 4. The summed E-state index contributed by atoms with van der Waals surface area (Å²) >= 11 is 0. The molecule has 7 nitrogen and oxygen atoms in total. The summed E-state index contributed by atoms with van der Waals surface area (Å²) in [4.78, 5) is 17.4. The number of nitrogens with zero attached hydrogens (tertiary/aromatic N) is 2. The van der Waals surface area contributed by atoms with Crippen LogP contribution in [0.1, 0.15) is 36.1 Å². The third-order valence-electron chi connectivity index (χ3n) is 5.96. The van der Waals surface area contributed by atoms with Crippen molar-refractivity contribution in [3.05, 3.63) is 58.7 Å². The van der Waals surface area contributed by atoms with Crippen molar-refractivity contribution in [2.45, 2.75) is 33.7 Å². The van der Waals surface area contributed by atoms with Gasteiger partial charge in [-0.15, -0.1) is 0 Å². The molecule has 0 atom stereocenters. The van der Waals surface area contributed by atoms with Crippen LogP contribution in [0.4, 0.5) is 11.4 Å². The minimum Gasteiger partial charge on any atom is -0.384 e. The fraction of sp³-hybridized carbons (Fsp3) is 0.407. The zero-order valence-electron chi connectivity index (χ0n) is 20.7. The van der Waals surface area contributed by atoms with E-state index in [-0.39, 0.29) is 17.8 Å². The second-order valence-corrected chi connectivity index (χ2v) is 8.98. The molecular formula is C27H36N6O. The first-order valence-corrected chi connectivity index (χ1v) is 11.8. The largest absolute Gasteiger partial charge is 0.384 e. The molecule has 1 saturated heterocycles. The number of nitrogens with two attached hydrogens (primary N) is 1. The third kappa shape index (κ3) is 6.60. The molecule has 180 valence electrons. The predicted octanol–water partition coefficient (Wildman–Crippen LogP) is 2.70. The van der Waals surface area contributed by atoms with Crippen LogP contribution in [-0.2, 0) is 4.79 Å². The molecular weight excluding hydrogens is 424 g/mol. The van der Waals surface area contributed by atoms with Gasteiger partial charge in [0.15, 0.2) is 0 Å². The summed E-state index contributed by atoms with van der Waals surface area (Å²) in [6.07, 6.45) is 0. The summed E-state index contributed by atoms with van der Waals surface area (Å²) < 4.78 is 0. The van der Waals surface area contributed by atoms with E-state index in [2.05, 4.69) is 53.4 Å². The second kappa shape index (κ2) is 11.7. The zero-order chi connectivity index (χ0) is 24.7. The van der Waals surface area contributed by atoms with Crippen LogP contribution in [0.15, 0.2) is 36.4 Å². The number of rotatable bonds is 7. The first-order chi connectivity index (χ1) is 16.3. The van der Waals surface area contributed by atoms with Crippen molar-refractivity contribution in [1.29, 1.82) is 5.41 Å². The van der Waals surface area contributed by atoms with Gasteiger partial charge in [-0.1, -0.05) is 11.8 Å². The zero-order valence-corrected chi connectivity index (χ0v) is 20.7. The van der Waals surface area contributed by atoms with Crippen molar-refractivity contribution < 1.29 is 4.79 Å². The molecule has 5 N–H and O–H groups in total. The predicted molar refractivity (Wildman–Crippen MR) is 141 cm³/mol. The number of aryl methyl sites for hydroxylation is 2. The van der Waals surface area contributed by atoms with E-state index in [1.165, 1.54) is 0 Å². The van der Waals surface area contributed by atoms with Crippen LogP contribution in [0.25, 0.3) is 0 Å². The number of anilines is 2. The van der Waals surface area contributed by atoms with Crippen LogP contribution in [0.3, 0.4) is 0 Å². The minimum atomic E-state index is 0.0576. The molecule has 2 aromatic rings. The summed E-state index contributed by atoms with van der Waals surface area (Å²) in [6, 6.07) is 11.6. The molecule has 0 spiro atoms. The Morgan fingerprint density at radius 2 is 1.85 bits per heavy atom. The van der Waals surface area contributed by atoms with Gasteiger partial charge in [-0.3, -0.25) is 15.1 Å². The Hall–Kier alpha value is -3.34. The first-order valence-electron chi connectivity index (χ1n) is 11.8. The topological polar surface area (TPSA) is 97.5 Å². The maximum Gasteiger partial charge on any atom is 0.241 e. The molecule has 1 fully saturated rings. The Morgan fingerprint density at radius 3 is 2.47 bits per heavy atom. The number of hydrogen-bond acceptors (Lipinski definition) is 5. The van der Waals surface area contributed by atoms with Crippen LogP contribution in [-0.4, -0.2) is 62.0 Å². The van der Waals surface area contributed by atoms with Gasteiger partial charge in [0, 0.05) is 54.7 Å².